The van der Waals surface area contributed by atoms with Gasteiger partial charge in [0.2, 0.25) is 0 Å². The molecule has 92 valence electrons. The molecular formula is C12H15ClN2O2. The van der Waals surface area contributed by atoms with Gasteiger partial charge in [0.05, 0.1) is 5.02 Å². The predicted octanol–water partition coefficient (Wildman–Crippen LogP) is 3.11. The highest BCUT2D eigenvalue weighted by atomic mass is 35.5. The summed E-state index contributed by atoms with van der Waals surface area (Å²) in [4.78, 5) is 11.6. The molecule has 2 amide bonds. The Morgan fingerprint density at radius 3 is 2.71 bits per heavy atom. The average Bonchev–Trinajstić information content (AvgIpc) is 2.76. The Morgan fingerprint density at radius 2 is 2.06 bits per heavy atom. The van der Waals surface area contributed by atoms with E-state index in [0.717, 1.165) is 12.8 Å². The summed E-state index contributed by atoms with van der Waals surface area (Å²) in [6.07, 6.45) is 4.43. The molecule has 1 aliphatic carbocycles. The number of phenols is 1. The second-order valence-corrected chi connectivity index (χ2v) is 4.65. The average molecular weight is 255 g/mol. The molecule has 3 N–H and O–H groups in total. The highest BCUT2D eigenvalue weighted by molar-refractivity contribution is 6.32. The van der Waals surface area contributed by atoms with Crippen LogP contribution in [-0.2, 0) is 0 Å². The summed E-state index contributed by atoms with van der Waals surface area (Å²) in [5.41, 5.74) is 0.530. The smallest absolute Gasteiger partial charge is 0.319 e. The second kappa shape index (κ2) is 5.27. The number of nitrogens with one attached hydrogen (secondary N) is 2. The third kappa shape index (κ3) is 3.27. The van der Waals surface area contributed by atoms with Crippen LogP contribution in [0.15, 0.2) is 18.2 Å². The van der Waals surface area contributed by atoms with Crippen LogP contribution in [0.25, 0.3) is 0 Å². The molecule has 1 aromatic rings. The Balaban J connectivity index is 1.90. The fourth-order valence-electron chi connectivity index (χ4n) is 2.01. The first kappa shape index (κ1) is 12.0. The van der Waals surface area contributed by atoms with Gasteiger partial charge in [0.15, 0.2) is 0 Å². The van der Waals surface area contributed by atoms with E-state index < -0.39 is 0 Å². The van der Waals surface area contributed by atoms with E-state index in [0.29, 0.717) is 5.69 Å². The third-order valence-electron chi connectivity index (χ3n) is 2.89. The monoisotopic (exact) mass is 254 g/mol. The van der Waals surface area contributed by atoms with Gasteiger partial charge in [-0.25, -0.2) is 4.79 Å². The molecule has 2 rings (SSSR count). The predicted molar refractivity (Wildman–Crippen MR) is 67.5 cm³/mol. The fourth-order valence-corrected chi connectivity index (χ4v) is 2.13. The summed E-state index contributed by atoms with van der Waals surface area (Å²) in [7, 11) is 0. The zero-order chi connectivity index (χ0) is 12.3. The van der Waals surface area contributed by atoms with Crippen LogP contribution in [0.4, 0.5) is 10.5 Å². The number of phenolic OH excluding ortho intramolecular Hbond substituents is 1. The summed E-state index contributed by atoms with van der Waals surface area (Å²) in [5.74, 6) is -0.0367. The summed E-state index contributed by atoms with van der Waals surface area (Å²) in [6.45, 7) is 0. The molecule has 0 aliphatic heterocycles. The highest BCUT2D eigenvalue weighted by Crippen LogP contribution is 2.26. The summed E-state index contributed by atoms with van der Waals surface area (Å²) < 4.78 is 0. The van der Waals surface area contributed by atoms with Gasteiger partial charge < -0.3 is 15.7 Å². The van der Waals surface area contributed by atoms with Gasteiger partial charge in [-0.05, 0) is 25.0 Å². The standard InChI is InChI=1S/C12H15ClN2O2/c13-10-6-5-9(7-11(10)16)15-12(17)14-8-3-1-2-4-8/h5-8,16H,1-4H2,(H2,14,15,17). The van der Waals surface area contributed by atoms with Crippen molar-refractivity contribution in [2.24, 2.45) is 0 Å². The molecule has 0 atom stereocenters. The summed E-state index contributed by atoms with van der Waals surface area (Å²) in [6, 6.07) is 4.66. The topological polar surface area (TPSA) is 61.4 Å². The number of hydrogen-bond acceptors (Lipinski definition) is 2. The molecule has 1 aromatic carbocycles. The van der Waals surface area contributed by atoms with Gasteiger partial charge in [-0.15, -0.1) is 0 Å². The van der Waals surface area contributed by atoms with Crippen molar-refractivity contribution in [2.45, 2.75) is 31.7 Å². The van der Waals surface area contributed by atoms with E-state index >= 15 is 0 Å². The van der Waals surface area contributed by atoms with Crippen molar-refractivity contribution in [1.82, 2.24) is 5.32 Å². The zero-order valence-electron chi connectivity index (χ0n) is 9.37. The van der Waals surface area contributed by atoms with Gasteiger partial charge in [0.25, 0.3) is 0 Å². The molecule has 0 unspecified atom stereocenters. The van der Waals surface area contributed by atoms with Gasteiger partial charge >= 0.3 is 6.03 Å². The van der Waals surface area contributed by atoms with Crippen LogP contribution in [0.1, 0.15) is 25.7 Å². The minimum Gasteiger partial charge on any atom is -0.506 e. The van der Waals surface area contributed by atoms with Gasteiger partial charge in [-0.2, -0.15) is 0 Å². The molecule has 17 heavy (non-hydrogen) atoms. The first-order chi connectivity index (χ1) is 8.15. The van der Waals surface area contributed by atoms with Gasteiger partial charge in [0, 0.05) is 17.8 Å². The van der Waals surface area contributed by atoms with Crippen molar-refractivity contribution >= 4 is 23.3 Å². The molecule has 0 saturated heterocycles. The van der Waals surface area contributed by atoms with E-state index in [-0.39, 0.29) is 22.8 Å². The Kier molecular flexibility index (Phi) is 3.74. The SMILES string of the molecule is O=C(Nc1ccc(Cl)c(O)c1)NC1CCCC1. The molecule has 0 spiro atoms. The number of amides is 2. The Bertz CT molecular complexity index is 417. The van der Waals surface area contributed by atoms with Crippen molar-refractivity contribution in [3.8, 4) is 5.75 Å². The number of anilines is 1. The second-order valence-electron chi connectivity index (χ2n) is 4.25. The molecule has 0 bridgehead atoms. The van der Waals surface area contributed by atoms with Gasteiger partial charge in [-0.3, -0.25) is 0 Å². The number of halogens is 1. The number of carbonyl (C=O) groups is 1. The van der Waals surface area contributed by atoms with Crippen molar-refractivity contribution in [2.75, 3.05) is 5.32 Å². The molecular weight excluding hydrogens is 240 g/mol. The molecule has 1 aliphatic rings. The first-order valence-electron chi connectivity index (χ1n) is 5.71. The van der Waals surface area contributed by atoms with Crippen LogP contribution in [0.3, 0.4) is 0 Å². The number of carbonyl (C=O) groups excluding carboxylic acids is 1. The van der Waals surface area contributed by atoms with E-state index in [1.165, 1.54) is 18.9 Å². The molecule has 0 aromatic heterocycles. The van der Waals surface area contributed by atoms with E-state index in [9.17, 15) is 9.90 Å². The lowest BCUT2D eigenvalue weighted by Gasteiger charge is -2.13. The Hall–Kier alpha value is -1.42. The largest absolute Gasteiger partial charge is 0.506 e. The maximum absolute atomic E-state index is 11.6. The van der Waals surface area contributed by atoms with E-state index in [1.54, 1.807) is 12.1 Å². The molecule has 1 saturated carbocycles. The van der Waals surface area contributed by atoms with Crippen molar-refractivity contribution in [3.63, 3.8) is 0 Å². The maximum Gasteiger partial charge on any atom is 0.319 e. The van der Waals surface area contributed by atoms with E-state index in [2.05, 4.69) is 10.6 Å². The number of rotatable bonds is 2. The van der Waals surface area contributed by atoms with E-state index in [1.807, 2.05) is 0 Å². The molecule has 4 nitrogen and oxygen atoms in total. The molecule has 1 fully saturated rings. The van der Waals surface area contributed by atoms with Crippen LogP contribution >= 0.6 is 11.6 Å². The minimum absolute atomic E-state index is 0.0367. The van der Waals surface area contributed by atoms with Crippen LogP contribution in [0.2, 0.25) is 5.02 Å². The lowest BCUT2D eigenvalue weighted by molar-refractivity contribution is 0.248. The number of hydrogen-bond donors (Lipinski definition) is 3. The molecule has 5 heteroatoms. The van der Waals surface area contributed by atoms with Crippen LogP contribution in [0.5, 0.6) is 5.75 Å². The lowest BCUT2D eigenvalue weighted by atomic mass is 10.2. The quantitative estimate of drug-likeness (QED) is 0.759. The van der Waals surface area contributed by atoms with Crippen LogP contribution in [0, 0.1) is 0 Å². The lowest BCUT2D eigenvalue weighted by Crippen LogP contribution is -2.36. The number of benzene rings is 1. The Morgan fingerprint density at radius 1 is 1.35 bits per heavy atom. The van der Waals surface area contributed by atoms with Crippen molar-refractivity contribution in [3.05, 3.63) is 23.2 Å². The van der Waals surface area contributed by atoms with Crippen LogP contribution < -0.4 is 10.6 Å². The Labute approximate surface area is 105 Å². The highest BCUT2D eigenvalue weighted by Gasteiger charge is 2.17. The minimum atomic E-state index is -0.237. The number of aromatic hydroxyl groups is 1. The fraction of sp³-hybridized carbons (Fsp3) is 0.417. The summed E-state index contributed by atoms with van der Waals surface area (Å²) >= 11 is 5.68. The van der Waals surface area contributed by atoms with Crippen LogP contribution in [-0.4, -0.2) is 17.2 Å². The van der Waals surface area contributed by atoms with Crippen molar-refractivity contribution < 1.29 is 9.90 Å². The van der Waals surface area contributed by atoms with Crippen molar-refractivity contribution in [1.29, 1.82) is 0 Å². The first-order valence-corrected chi connectivity index (χ1v) is 6.09. The molecule has 0 heterocycles. The van der Waals surface area contributed by atoms with Gasteiger partial charge in [-0.1, -0.05) is 24.4 Å². The molecule has 0 radical (unpaired) electrons. The zero-order valence-corrected chi connectivity index (χ0v) is 10.1. The summed E-state index contributed by atoms with van der Waals surface area (Å²) in [5, 5.41) is 15.2. The van der Waals surface area contributed by atoms with E-state index in [4.69, 9.17) is 11.6 Å². The van der Waals surface area contributed by atoms with Gasteiger partial charge in [0.1, 0.15) is 5.75 Å². The maximum atomic E-state index is 11.6. The third-order valence-corrected chi connectivity index (χ3v) is 3.21. The number of urea groups is 1. The normalized spacial score (nSPS) is 15.8.